The second-order valence-electron chi connectivity index (χ2n) is 1.69. The van der Waals surface area contributed by atoms with Gasteiger partial charge in [-0.25, -0.2) is 4.98 Å². The summed E-state index contributed by atoms with van der Waals surface area (Å²) in [5.41, 5.74) is -0.188. The summed E-state index contributed by atoms with van der Waals surface area (Å²) in [7, 11) is 0. The van der Waals surface area contributed by atoms with Gasteiger partial charge in [0.25, 0.3) is 5.56 Å². The number of aromatic amines is 1. The Morgan fingerprint density at radius 1 is 1.67 bits per heavy atom. The topological polar surface area (TPSA) is 66.0 Å². The quantitative estimate of drug-likeness (QED) is 0.648. The number of nitrogens with one attached hydrogen (secondary N) is 1. The molecule has 1 aromatic heterocycles. The minimum atomic E-state index is -0.400. The highest BCUT2D eigenvalue weighted by Crippen LogP contribution is 1.94. The minimum absolute atomic E-state index is 0.0298. The maximum Gasteiger partial charge on any atom is 0.257 e. The molecule has 1 aromatic rings. The predicted molar refractivity (Wildman–Crippen MR) is 47.1 cm³/mol. The third-order valence-electron chi connectivity index (χ3n) is 1.01. The second-order valence-corrected chi connectivity index (χ2v) is 2.04. The Labute approximate surface area is 75.2 Å². The number of hydrogen-bond acceptors (Lipinski definition) is 3. The third-order valence-corrected chi connectivity index (χ3v) is 1.20. The van der Waals surface area contributed by atoms with Crippen molar-refractivity contribution in [3.8, 4) is 0 Å². The van der Waals surface area contributed by atoms with E-state index in [1.165, 1.54) is 6.20 Å². The summed E-state index contributed by atoms with van der Waals surface area (Å²) in [5.74, 6) is 0. The molecule has 0 atom stereocenters. The maximum atomic E-state index is 10.7. The summed E-state index contributed by atoms with van der Waals surface area (Å²) in [6.07, 6.45) is 1.24. The van der Waals surface area contributed by atoms with E-state index in [-0.39, 0.29) is 17.5 Å². The lowest BCUT2D eigenvalue weighted by atomic mass is 10.4. The molecule has 12 heavy (non-hydrogen) atoms. The number of hydrogen-bond donors (Lipinski definition) is 2. The summed E-state index contributed by atoms with van der Waals surface area (Å²) < 4.78 is 0. The fourth-order valence-corrected chi connectivity index (χ4v) is 0.647. The molecule has 0 unspecified atom stereocenters. The first-order chi connectivity index (χ1) is 5.74. The van der Waals surface area contributed by atoms with Crippen LogP contribution in [-0.4, -0.2) is 15.1 Å². The van der Waals surface area contributed by atoms with Gasteiger partial charge in [-0.05, 0) is 11.6 Å². The Morgan fingerprint density at radius 2 is 2.25 bits per heavy atom. The largest absolute Gasteiger partial charge is 0.391 e. The van der Waals surface area contributed by atoms with E-state index in [2.05, 4.69) is 9.97 Å². The van der Waals surface area contributed by atoms with E-state index in [0.717, 1.165) is 0 Å². The summed E-state index contributed by atoms with van der Waals surface area (Å²) in [5, 5.41) is 8.54. The van der Waals surface area contributed by atoms with E-state index in [9.17, 15) is 4.79 Å². The molecule has 0 saturated carbocycles. The van der Waals surface area contributed by atoms with Crippen molar-refractivity contribution in [3.05, 3.63) is 27.4 Å². The molecule has 2 N–H and O–H groups in total. The summed E-state index contributed by atoms with van der Waals surface area (Å²) >= 11 is 5.33. The molecule has 0 aliphatic heterocycles. The molecule has 0 bridgehead atoms. The van der Waals surface area contributed by atoms with Gasteiger partial charge in [0.2, 0.25) is 5.28 Å². The minimum Gasteiger partial charge on any atom is -0.391 e. The SMILES string of the molecule is CC.O=c1[nH]c(Cl)ncc1CO. The van der Waals surface area contributed by atoms with Gasteiger partial charge in [-0.3, -0.25) is 9.78 Å². The van der Waals surface area contributed by atoms with Crippen molar-refractivity contribution in [1.82, 2.24) is 9.97 Å². The lowest BCUT2D eigenvalue weighted by molar-refractivity contribution is 0.279. The Balaban J connectivity index is 0.000000561. The van der Waals surface area contributed by atoms with Crippen LogP contribution in [0.5, 0.6) is 0 Å². The Bertz CT molecular complexity index is 285. The zero-order chi connectivity index (χ0) is 9.56. The van der Waals surface area contributed by atoms with Gasteiger partial charge < -0.3 is 5.11 Å². The number of nitrogens with zero attached hydrogens (tertiary/aromatic N) is 1. The summed E-state index contributed by atoms with van der Waals surface area (Å²) in [6.45, 7) is 3.68. The van der Waals surface area contributed by atoms with E-state index >= 15 is 0 Å². The van der Waals surface area contributed by atoms with Crippen LogP contribution in [0.25, 0.3) is 0 Å². The fraction of sp³-hybridized carbons (Fsp3) is 0.429. The van der Waals surface area contributed by atoms with Crippen LogP contribution in [0.3, 0.4) is 0 Å². The van der Waals surface area contributed by atoms with Crippen molar-refractivity contribution in [2.75, 3.05) is 0 Å². The second kappa shape index (κ2) is 5.74. The van der Waals surface area contributed by atoms with Crippen molar-refractivity contribution in [2.24, 2.45) is 0 Å². The predicted octanol–water partition coefficient (Wildman–Crippen LogP) is 0.942. The molecule has 5 heteroatoms. The summed E-state index contributed by atoms with van der Waals surface area (Å²) in [4.78, 5) is 16.5. The molecule has 4 nitrogen and oxygen atoms in total. The number of H-pyrrole nitrogens is 1. The molecule has 0 amide bonds. The molecule has 1 heterocycles. The van der Waals surface area contributed by atoms with Gasteiger partial charge in [-0.1, -0.05) is 13.8 Å². The van der Waals surface area contributed by atoms with Crippen LogP contribution in [0.2, 0.25) is 5.28 Å². The average molecular weight is 191 g/mol. The van der Waals surface area contributed by atoms with Gasteiger partial charge >= 0.3 is 0 Å². The molecule has 68 valence electrons. The maximum absolute atomic E-state index is 10.7. The monoisotopic (exact) mass is 190 g/mol. The molecule has 0 saturated heterocycles. The van der Waals surface area contributed by atoms with E-state index in [0.29, 0.717) is 0 Å². The summed E-state index contributed by atoms with van der Waals surface area (Å²) in [6, 6.07) is 0. The van der Waals surface area contributed by atoms with Gasteiger partial charge in [0.15, 0.2) is 0 Å². The molecule has 0 fully saturated rings. The first-order valence-corrected chi connectivity index (χ1v) is 3.96. The van der Waals surface area contributed by atoms with Crippen molar-refractivity contribution in [3.63, 3.8) is 0 Å². The van der Waals surface area contributed by atoms with E-state index in [1.807, 2.05) is 13.8 Å². The lowest BCUT2D eigenvalue weighted by Gasteiger charge is -1.91. The van der Waals surface area contributed by atoms with Gasteiger partial charge in [0.05, 0.1) is 12.2 Å². The molecule has 0 aromatic carbocycles. The number of aromatic nitrogens is 2. The zero-order valence-electron chi connectivity index (χ0n) is 6.97. The zero-order valence-corrected chi connectivity index (χ0v) is 7.72. The molecule has 0 spiro atoms. The normalized spacial score (nSPS) is 8.67. The first-order valence-electron chi connectivity index (χ1n) is 3.58. The lowest BCUT2D eigenvalue weighted by Crippen LogP contribution is -2.12. The molecule has 0 aliphatic carbocycles. The standard InChI is InChI=1S/C5H5ClN2O2.C2H6/c6-5-7-1-3(2-9)4(10)8-5;1-2/h1,9H,2H2,(H,7,8,10);1-2H3. The highest BCUT2D eigenvalue weighted by molar-refractivity contribution is 6.28. The number of aliphatic hydroxyl groups is 1. The highest BCUT2D eigenvalue weighted by Gasteiger charge is 1.97. The van der Waals surface area contributed by atoms with Crippen molar-refractivity contribution < 1.29 is 5.11 Å². The van der Waals surface area contributed by atoms with Crippen molar-refractivity contribution in [2.45, 2.75) is 20.5 Å². The molecular weight excluding hydrogens is 180 g/mol. The average Bonchev–Trinajstić information content (AvgIpc) is 2.08. The highest BCUT2D eigenvalue weighted by atomic mass is 35.5. The van der Waals surface area contributed by atoms with Crippen molar-refractivity contribution >= 4 is 11.6 Å². The Kier molecular flexibility index (Phi) is 5.32. The van der Waals surface area contributed by atoms with Crippen LogP contribution >= 0.6 is 11.6 Å². The van der Waals surface area contributed by atoms with E-state index in [1.54, 1.807) is 0 Å². The van der Waals surface area contributed by atoms with Crippen LogP contribution < -0.4 is 5.56 Å². The van der Waals surface area contributed by atoms with Gasteiger partial charge in [0, 0.05) is 6.20 Å². The third kappa shape index (κ3) is 3.02. The van der Waals surface area contributed by atoms with Gasteiger partial charge in [-0.15, -0.1) is 0 Å². The van der Waals surface area contributed by atoms with Crippen LogP contribution in [-0.2, 0) is 6.61 Å². The number of aliphatic hydroxyl groups excluding tert-OH is 1. The van der Waals surface area contributed by atoms with E-state index in [4.69, 9.17) is 16.7 Å². The van der Waals surface area contributed by atoms with Crippen LogP contribution in [0.4, 0.5) is 0 Å². The van der Waals surface area contributed by atoms with Crippen LogP contribution in [0.1, 0.15) is 19.4 Å². The molecular formula is C7H11ClN2O2. The number of rotatable bonds is 1. The molecule has 0 aliphatic rings. The van der Waals surface area contributed by atoms with Gasteiger partial charge in [-0.2, -0.15) is 0 Å². The van der Waals surface area contributed by atoms with Crippen molar-refractivity contribution in [1.29, 1.82) is 0 Å². The fourth-order valence-electron chi connectivity index (χ4n) is 0.512. The molecule has 0 radical (unpaired) electrons. The smallest absolute Gasteiger partial charge is 0.257 e. The first kappa shape index (κ1) is 11.1. The Hall–Kier alpha value is -0.870. The van der Waals surface area contributed by atoms with E-state index < -0.39 is 5.56 Å². The molecule has 1 rings (SSSR count). The van der Waals surface area contributed by atoms with Crippen LogP contribution in [0, 0.1) is 0 Å². The van der Waals surface area contributed by atoms with Gasteiger partial charge in [0.1, 0.15) is 0 Å². The Morgan fingerprint density at radius 3 is 2.67 bits per heavy atom. The van der Waals surface area contributed by atoms with Crippen LogP contribution in [0.15, 0.2) is 11.0 Å². The number of halogens is 1.